The van der Waals surface area contributed by atoms with Crippen LogP contribution in [-0.4, -0.2) is 28.9 Å². The molecule has 6 nitrogen and oxygen atoms in total. The molecule has 9 heteroatoms. The van der Waals surface area contributed by atoms with Gasteiger partial charge in [-0.1, -0.05) is 0 Å². The van der Waals surface area contributed by atoms with Crippen LogP contribution in [0.25, 0.3) is 0 Å². The van der Waals surface area contributed by atoms with Gasteiger partial charge in [0.1, 0.15) is 0 Å². The van der Waals surface area contributed by atoms with E-state index in [0.29, 0.717) is 21.0 Å². The van der Waals surface area contributed by atoms with Crippen molar-refractivity contribution < 1.29 is 19.0 Å². The molecular weight excluding hydrogens is 436 g/mol. The highest BCUT2D eigenvalue weighted by molar-refractivity contribution is 14.1. The highest BCUT2D eigenvalue weighted by Crippen LogP contribution is 2.24. The number of phenols is 1. The Labute approximate surface area is 149 Å². The molecule has 122 valence electrons. The number of rotatable bonds is 6. The minimum Gasteiger partial charge on any atom is -0.504 e. The van der Waals surface area contributed by atoms with Crippen LogP contribution < -0.4 is 5.43 Å². The zero-order valence-electron chi connectivity index (χ0n) is 12.0. The molecule has 0 aliphatic heterocycles. The number of carbonyl (C=O) groups is 1. The predicted octanol–water partition coefficient (Wildman–Crippen LogP) is 3.14. The highest BCUT2D eigenvalue weighted by atomic mass is 127. The van der Waals surface area contributed by atoms with Gasteiger partial charge in [-0.05, 0) is 41.6 Å². The number of hydrazone groups is 1. The van der Waals surface area contributed by atoms with Crippen LogP contribution in [0.2, 0.25) is 0 Å². The molecule has 0 amide bonds. The number of anilines is 1. The Morgan fingerprint density at radius 1 is 1.61 bits per heavy atom. The molecule has 0 saturated heterocycles. The Kier molecular flexibility index (Phi) is 6.28. The summed E-state index contributed by atoms with van der Waals surface area (Å²) in [7, 11) is 0. The molecule has 1 aromatic carbocycles. The number of carbonyl (C=O) groups excluding carboxylic acids is 1. The number of aromatic nitrogens is 1. The normalized spacial score (nSPS) is 10.9. The van der Waals surface area contributed by atoms with Crippen LogP contribution >= 0.6 is 33.9 Å². The minimum absolute atomic E-state index is 0.0961. The maximum atomic E-state index is 13.5. The summed E-state index contributed by atoms with van der Waals surface area (Å²) in [6, 6.07) is 3.09. The van der Waals surface area contributed by atoms with Gasteiger partial charge in [-0.15, -0.1) is 11.3 Å². The van der Waals surface area contributed by atoms with Gasteiger partial charge in [0.15, 0.2) is 11.6 Å². The average Bonchev–Trinajstić information content (AvgIpc) is 2.95. The van der Waals surface area contributed by atoms with Crippen molar-refractivity contribution >= 4 is 51.2 Å². The molecule has 23 heavy (non-hydrogen) atoms. The quantitative estimate of drug-likeness (QED) is 0.307. The van der Waals surface area contributed by atoms with Gasteiger partial charge in [0.05, 0.1) is 28.5 Å². The van der Waals surface area contributed by atoms with Crippen molar-refractivity contribution in [3.8, 4) is 5.75 Å². The molecule has 1 heterocycles. The van der Waals surface area contributed by atoms with E-state index in [0.717, 1.165) is 0 Å². The second kappa shape index (κ2) is 8.20. The summed E-state index contributed by atoms with van der Waals surface area (Å²) >= 11 is 3.06. The van der Waals surface area contributed by atoms with Gasteiger partial charge < -0.3 is 9.84 Å². The van der Waals surface area contributed by atoms with E-state index in [1.807, 2.05) is 0 Å². The minimum atomic E-state index is -0.680. The second-order valence-corrected chi connectivity index (χ2v) is 6.32. The third kappa shape index (κ3) is 4.86. The van der Waals surface area contributed by atoms with Gasteiger partial charge in [-0.25, -0.2) is 9.37 Å². The van der Waals surface area contributed by atoms with Crippen molar-refractivity contribution in [2.24, 2.45) is 5.10 Å². The van der Waals surface area contributed by atoms with Crippen LogP contribution in [0.1, 0.15) is 18.2 Å². The van der Waals surface area contributed by atoms with E-state index < -0.39 is 11.6 Å². The summed E-state index contributed by atoms with van der Waals surface area (Å²) in [4.78, 5) is 15.5. The molecule has 0 atom stereocenters. The first-order chi connectivity index (χ1) is 11.0. The standard InChI is InChI=1S/C14H13FIN3O3S/c1-2-22-11(20)5-9-7-23-14(18-9)19-17-6-8-3-4-10(16)12(15)13(8)21/h3-4,6-7,21H,2,5H2,1H3,(H,18,19). The number of nitrogens with zero attached hydrogens (tertiary/aromatic N) is 2. The number of nitrogens with one attached hydrogen (secondary N) is 1. The summed E-state index contributed by atoms with van der Waals surface area (Å²) in [6.45, 7) is 2.07. The van der Waals surface area contributed by atoms with Crippen molar-refractivity contribution in [3.05, 3.63) is 38.2 Å². The maximum Gasteiger partial charge on any atom is 0.311 e. The second-order valence-electron chi connectivity index (χ2n) is 4.29. The molecule has 0 unspecified atom stereocenters. The van der Waals surface area contributed by atoms with Crippen LogP contribution in [0.5, 0.6) is 5.75 Å². The van der Waals surface area contributed by atoms with Gasteiger partial charge in [-0.2, -0.15) is 5.10 Å². The molecule has 0 spiro atoms. The van der Waals surface area contributed by atoms with Crippen molar-refractivity contribution in [1.29, 1.82) is 0 Å². The average molecular weight is 449 g/mol. The Hall–Kier alpha value is -1.75. The number of esters is 1. The molecule has 2 rings (SSSR count). The molecule has 0 aliphatic carbocycles. The molecule has 2 aromatic rings. The predicted molar refractivity (Wildman–Crippen MR) is 94.4 cm³/mol. The molecule has 2 N–H and O–H groups in total. The van der Waals surface area contributed by atoms with Crippen LogP contribution in [0, 0.1) is 9.39 Å². The van der Waals surface area contributed by atoms with Crippen LogP contribution in [-0.2, 0) is 16.0 Å². The molecular formula is C14H13FIN3O3S. The number of halogens is 2. The lowest BCUT2D eigenvalue weighted by molar-refractivity contribution is -0.142. The van der Waals surface area contributed by atoms with Crippen molar-refractivity contribution in [3.63, 3.8) is 0 Å². The van der Waals surface area contributed by atoms with Crippen LogP contribution in [0.4, 0.5) is 9.52 Å². The van der Waals surface area contributed by atoms with Gasteiger partial charge in [0.25, 0.3) is 0 Å². The topological polar surface area (TPSA) is 83.8 Å². The fourth-order valence-electron chi connectivity index (χ4n) is 1.62. The Morgan fingerprint density at radius 2 is 2.39 bits per heavy atom. The molecule has 0 fully saturated rings. The molecule has 1 aromatic heterocycles. The number of hydrogen-bond acceptors (Lipinski definition) is 7. The number of thiazole rings is 1. The molecule has 0 bridgehead atoms. The zero-order chi connectivity index (χ0) is 16.8. The van der Waals surface area contributed by atoms with E-state index in [-0.39, 0.29) is 18.0 Å². The van der Waals surface area contributed by atoms with E-state index in [1.54, 1.807) is 41.0 Å². The summed E-state index contributed by atoms with van der Waals surface area (Å²) in [5.41, 5.74) is 3.50. The van der Waals surface area contributed by atoms with E-state index >= 15 is 0 Å². The largest absolute Gasteiger partial charge is 0.504 e. The number of benzene rings is 1. The maximum absolute atomic E-state index is 13.5. The van der Waals surface area contributed by atoms with E-state index in [4.69, 9.17) is 4.74 Å². The van der Waals surface area contributed by atoms with Crippen LogP contribution in [0.3, 0.4) is 0 Å². The fraction of sp³-hybridized carbons (Fsp3) is 0.214. The first kappa shape index (κ1) is 17.6. The lowest BCUT2D eigenvalue weighted by atomic mass is 10.2. The molecule has 0 aliphatic rings. The molecule has 0 saturated carbocycles. The van der Waals surface area contributed by atoms with Crippen molar-refractivity contribution in [2.75, 3.05) is 12.0 Å². The number of phenolic OH excluding ortho intramolecular Hbond substituents is 1. The highest BCUT2D eigenvalue weighted by Gasteiger charge is 2.10. The third-order valence-electron chi connectivity index (χ3n) is 2.65. The van der Waals surface area contributed by atoms with E-state index in [9.17, 15) is 14.3 Å². The summed E-state index contributed by atoms with van der Waals surface area (Å²) in [6.07, 6.45) is 1.39. The van der Waals surface area contributed by atoms with Gasteiger partial charge in [-0.3, -0.25) is 10.2 Å². The first-order valence-corrected chi connectivity index (χ1v) is 8.53. The summed E-state index contributed by atoms with van der Waals surface area (Å²) in [5, 5.41) is 15.8. The fourth-order valence-corrected chi connectivity index (χ4v) is 2.71. The third-order valence-corrected chi connectivity index (χ3v) is 4.28. The van der Waals surface area contributed by atoms with Gasteiger partial charge in [0.2, 0.25) is 5.13 Å². The number of aromatic hydroxyl groups is 1. The Bertz CT molecular complexity index is 736. The molecule has 0 radical (unpaired) electrons. The SMILES string of the molecule is CCOC(=O)Cc1csc(NN=Cc2ccc(I)c(F)c2O)n1. The Balaban J connectivity index is 1.97. The number of ether oxygens (including phenoxy) is 1. The van der Waals surface area contributed by atoms with E-state index in [2.05, 4.69) is 15.5 Å². The summed E-state index contributed by atoms with van der Waals surface area (Å²) in [5.74, 6) is -1.47. The monoisotopic (exact) mass is 449 g/mol. The lowest BCUT2D eigenvalue weighted by Crippen LogP contribution is -2.07. The van der Waals surface area contributed by atoms with E-state index in [1.165, 1.54) is 23.6 Å². The lowest BCUT2D eigenvalue weighted by Gasteiger charge is -2.01. The smallest absolute Gasteiger partial charge is 0.311 e. The van der Waals surface area contributed by atoms with Crippen molar-refractivity contribution in [1.82, 2.24) is 4.98 Å². The number of hydrogen-bond donors (Lipinski definition) is 2. The van der Waals surface area contributed by atoms with Gasteiger partial charge in [0, 0.05) is 10.9 Å². The summed E-state index contributed by atoms with van der Waals surface area (Å²) < 4.78 is 18.7. The van der Waals surface area contributed by atoms with Crippen LogP contribution in [0.15, 0.2) is 22.6 Å². The van der Waals surface area contributed by atoms with Crippen molar-refractivity contribution in [2.45, 2.75) is 13.3 Å². The van der Waals surface area contributed by atoms with Gasteiger partial charge >= 0.3 is 5.97 Å². The Morgan fingerprint density at radius 3 is 3.13 bits per heavy atom. The first-order valence-electron chi connectivity index (χ1n) is 6.57. The zero-order valence-corrected chi connectivity index (χ0v) is 15.0.